The molecule has 0 radical (unpaired) electrons. The highest BCUT2D eigenvalue weighted by Crippen LogP contribution is 2.16. The normalized spacial score (nSPS) is 10.4. The van der Waals surface area contributed by atoms with Crippen LogP contribution in [0.1, 0.15) is 5.56 Å². The van der Waals surface area contributed by atoms with Crippen molar-refractivity contribution in [2.75, 3.05) is 13.7 Å². The van der Waals surface area contributed by atoms with Crippen LogP contribution >= 0.6 is 0 Å². The number of ether oxygens (including phenoxy) is 1. The van der Waals surface area contributed by atoms with Crippen LogP contribution in [0.2, 0.25) is 0 Å². The second-order valence-corrected chi connectivity index (χ2v) is 3.69. The maximum absolute atomic E-state index is 11.0. The molecular formula is C13H14N2O2. The van der Waals surface area contributed by atoms with Gasteiger partial charge in [-0.1, -0.05) is 18.2 Å². The van der Waals surface area contributed by atoms with Crippen LogP contribution in [0, 0.1) is 0 Å². The van der Waals surface area contributed by atoms with E-state index in [0.717, 1.165) is 16.3 Å². The lowest BCUT2D eigenvalue weighted by atomic mass is 10.1. The monoisotopic (exact) mass is 230 g/mol. The summed E-state index contributed by atoms with van der Waals surface area (Å²) in [5.74, 6) is -0.257. The van der Waals surface area contributed by atoms with Crippen LogP contribution in [0.25, 0.3) is 10.8 Å². The van der Waals surface area contributed by atoms with Crippen molar-refractivity contribution in [1.29, 1.82) is 0 Å². The molecule has 1 aromatic carbocycles. The molecule has 0 unspecified atom stereocenters. The lowest BCUT2D eigenvalue weighted by Gasteiger charge is -2.07. The number of hydrogen-bond donors (Lipinski definition) is 1. The van der Waals surface area contributed by atoms with Crippen LogP contribution in [-0.4, -0.2) is 24.6 Å². The molecule has 4 heteroatoms. The van der Waals surface area contributed by atoms with Crippen molar-refractivity contribution in [3.8, 4) is 0 Å². The van der Waals surface area contributed by atoms with Gasteiger partial charge in [0, 0.05) is 24.3 Å². The first-order valence-electron chi connectivity index (χ1n) is 5.40. The molecule has 1 aromatic heterocycles. The first kappa shape index (κ1) is 11.5. The van der Waals surface area contributed by atoms with Gasteiger partial charge in [-0.25, -0.2) is 0 Å². The molecule has 0 aliphatic carbocycles. The van der Waals surface area contributed by atoms with Crippen molar-refractivity contribution in [1.82, 2.24) is 10.3 Å². The average molecular weight is 230 g/mol. The van der Waals surface area contributed by atoms with Crippen LogP contribution in [0.15, 0.2) is 36.7 Å². The number of aromatic nitrogens is 1. The van der Waals surface area contributed by atoms with Gasteiger partial charge in [-0.2, -0.15) is 0 Å². The van der Waals surface area contributed by atoms with E-state index >= 15 is 0 Å². The molecule has 0 aliphatic heterocycles. The van der Waals surface area contributed by atoms with E-state index in [0.29, 0.717) is 6.54 Å². The molecule has 88 valence electrons. The third kappa shape index (κ3) is 2.79. The minimum atomic E-state index is -0.257. The first-order chi connectivity index (χ1) is 8.31. The lowest BCUT2D eigenvalue weighted by molar-refractivity contribution is -0.139. The Labute approximate surface area is 99.6 Å². The topological polar surface area (TPSA) is 51.2 Å². The molecular weight excluding hydrogens is 216 g/mol. The Kier molecular flexibility index (Phi) is 3.67. The minimum absolute atomic E-state index is 0.220. The Morgan fingerprint density at radius 3 is 3.12 bits per heavy atom. The quantitative estimate of drug-likeness (QED) is 0.809. The fraction of sp³-hybridized carbons (Fsp3) is 0.231. The van der Waals surface area contributed by atoms with E-state index in [-0.39, 0.29) is 12.5 Å². The van der Waals surface area contributed by atoms with Crippen molar-refractivity contribution in [2.45, 2.75) is 6.54 Å². The molecule has 4 nitrogen and oxygen atoms in total. The summed E-state index contributed by atoms with van der Waals surface area (Å²) in [5.41, 5.74) is 1.15. The van der Waals surface area contributed by atoms with E-state index in [1.807, 2.05) is 30.5 Å². The molecule has 17 heavy (non-hydrogen) atoms. The Bertz CT molecular complexity index is 520. The van der Waals surface area contributed by atoms with Crippen LogP contribution in [0.4, 0.5) is 0 Å². The maximum atomic E-state index is 11.0. The summed E-state index contributed by atoms with van der Waals surface area (Å²) in [6.45, 7) is 0.856. The van der Waals surface area contributed by atoms with Gasteiger partial charge in [0.1, 0.15) is 0 Å². The van der Waals surface area contributed by atoms with Crippen molar-refractivity contribution in [2.24, 2.45) is 0 Å². The van der Waals surface area contributed by atoms with E-state index in [4.69, 9.17) is 0 Å². The van der Waals surface area contributed by atoms with Gasteiger partial charge in [-0.3, -0.25) is 9.78 Å². The molecule has 0 aliphatic rings. The number of pyridine rings is 1. The van der Waals surface area contributed by atoms with Crippen LogP contribution < -0.4 is 5.32 Å². The van der Waals surface area contributed by atoms with Gasteiger partial charge in [-0.15, -0.1) is 0 Å². The molecule has 0 saturated heterocycles. The number of methoxy groups -OCH3 is 1. The molecule has 0 spiro atoms. The summed E-state index contributed by atoms with van der Waals surface area (Å²) in [4.78, 5) is 15.1. The summed E-state index contributed by atoms with van der Waals surface area (Å²) < 4.78 is 4.56. The zero-order chi connectivity index (χ0) is 12.1. The molecule has 0 saturated carbocycles. The van der Waals surface area contributed by atoms with Gasteiger partial charge in [-0.05, 0) is 17.0 Å². The van der Waals surface area contributed by atoms with E-state index in [2.05, 4.69) is 15.0 Å². The van der Waals surface area contributed by atoms with Crippen LogP contribution in [-0.2, 0) is 16.1 Å². The molecule has 2 rings (SSSR count). The van der Waals surface area contributed by atoms with E-state index in [9.17, 15) is 4.79 Å². The Morgan fingerprint density at radius 2 is 2.29 bits per heavy atom. The molecule has 1 N–H and O–H groups in total. The molecule has 0 bridgehead atoms. The van der Waals surface area contributed by atoms with Gasteiger partial charge in [0.25, 0.3) is 0 Å². The van der Waals surface area contributed by atoms with Crippen LogP contribution in [0.5, 0.6) is 0 Å². The number of rotatable bonds is 4. The van der Waals surface area contributed by atoms with Gasteiger partial charge in [0.15, 0.2) is 0 Å². The van der Waals surface area contributed by atoms with E-state index < -0.39 is 0 Å². The predicted octanol–water partition coefficient (Wildman–Crippen LogP) is 1.50. The van der Waals surface area contributed by atoms with Crippen molar-refractivity contribution >= 4 is 16.7 Å². The highest BCUT2D eigenvalue weighted by molar-refractivity contribution is 5.84. The van der Waals surface area contributed by atoms with Gasteiger partial charge in [0.05, 0.1) is 13.7 Å². The number of hydrogen-bond acceptors (Lipinski definition) is 4. The summed E-state index contributed by atoms with van der Waals surface area (Å²) in [6, 6.07) is 8.02. The number of esters is 1. The van der Waals surface area contributed by atoms with Gasteiger partial charge >= 0.3 is 5.97 Å². The number of carbonyl (C=O) groups is 1. The SMILES string of the molecule is COC(=O)CNCc1cccc2cnccc12. The zero-order valence-electron chi connectivity index (χ0n) is 9.64. The first-order valence-corrected chi connectivity index (χ1v) is 5.40. The maximum Gasteiger partial charge on any atom is 0.319 e. The molecule has 0 amide bonds. The summed E-state index contributed by atoms with van der Waals surface area (Å²) >= 11 is 0. The Hall–Kier alpha value is -1.94. The van der Waals surface area contributed by atoms with Crippen molar-refractivity contribution in [3.05, 3.63) is 42.2 Å². The standard InChI is InChI=1S/C13H14N2O2/c1-17-13(16)9-15-8-11-4-2-3-10-7-14-6-5-12(10)11/h2-7,15H,8-9H2,1H3. The van der Waals surface area contributed by atoms with Crippen molar-refractivity contribution < 1.29 is 9.53 Å². The fourth-order valence-corrected chi connectivity index (χ4v) is 1.72. The Morgan fingerprint density at radius 1 is 1.41 bits per heavy atom. The number of nitrogens with one attached hydrogen (secondary N) is 1. The fourth-order valence-electron chi connectivity index (χ4n) is 1.72. The van der Waals surface area contributed by atoms with E-state index in [1.165, 1.54) is 7.11 Å². The zero-order valence-corrected chi connectivity index (χ0v) is 9.64. The summed E-state index contributed by atoms with van der Waals surface area (Å²) in [6.07, 6.45) is 3.60. The third-order valence-electron chi connectivity index (χ3n) is 2.58. The predicted molar refractivity (Wildman–Crippen MR) is 65.5 cm³/mol. The second kappa shape index (κ2) is 5.41. The minimum Gasteiger partial charge on any atom is -0.468 e. The Balaban J connectivity index is 2.11. The third-order valence-corrected chi connectivity index (χ3v) is 2.58. The van der Waals surface area contributed by atoms with Crippen molar-refractivity contribution in [3.63, 3.8) is 0 Å². The smallest absolute Gasteiger partial charge is 0.319 e. The highest BCUT2D eigenvalue weighted by Gasteiger charge is 2.02. The molecule has 1 heterocycles. The average Bonchev–Trinajstić information content (AvgIpc) is 2.39. The highest BCUT2D eigenvalue weighted by atomic mass is 16.5. The number of nitrogens with zero attached hydrogens (tertiary/aromatic N) is 1. The molecule has 0 fully saturated rings. The lowest BCUT2D eigenvalue weighted by Crippen LogP contribution is -2.23. The van der Waals surface area contributed by atoms with Gasteiger partial charge in [0.2, 0.25) is 0 Å². The molecule has 2 aromatic rings. The number of fused-ring (bicyclic) bond motifs is 1. The van der Waals surface area contributed by atoms with Gasteiger partial charge < -0.3 is 10.1 Å². The van der Waals surface area contributed by atoms with Crippen LogP contribution in [0.3, 0.4) is 0 Å². The number of benzene rings is 1. The summed E-state index contributed by atoms with van der Waals surface area (Å²) in [7, 11) is 1.38. The summed E-state index contributed by atoms with van der Waals surface area (Å²) in [5, 5.41) is 5.30. The largest absolute Gasteiger partial charge is 0.468 e. The molecule has 0 atom stereocenters. The van der Waals surface area contributed by atoms with E-state index in [1.54, 1.807) is 6.20 Å². The second-order valence-electron chi connectivity index (χ2n) is 3.69. The number of carbonyl (C=O) groups excluding carboxylic acids is 1.